The highest BCUT2D eigenvalue weighted by Crippen LogP contribution is 2.28. The number of ether oxygens (including phenoxy) is 2. The van der Waals surface area contributed by atoms with Crippen LogP contribution in [0.25, 0.3) is 0 Å². The Balaban J connectivity index is 1.89. The minimum atomic E-state index is -0.211. The van der Waals surface area contributed by atoms with Crippen molar-refractivity contribution >= 4 is 11.8 Å². The quantitative estimate of drug-likeness (QED) is 0.745. The molecular weight excluding hydrogens is 320 g/mol. The maximum atomic E-state index is 12.3. The van der Waals surface area contributed by atoms with Crippen LogP contribution in [0.3, 0.4) is 0 Å². The number of hydrogen-bond acceptors (Lipinski definition) is 4. The molecule has 0 unspecified atom stereocenters. The molecule has 0 bridgehead atoms. The molecule has 6 nitrogen and oxygen atoms in total. The number of hydrogen-bond donors (Lipinski definition) is 1. The van der Waals surface area contributed by atoms with E-state index in [1.54, 1.807) is 18.2 Å². The molecule has 2 amide bonds. The molecule has 1 heterocycles. The fraction of sp³-hybridized carbons (Fsp3) is 0.579. The smallest absolute Gasteiger partial charge is 0.251 e. The maximum absolute atomic E-state index is 12.3. The van der Waals surface area contributed by atoms with Gasteiger partial charge in [-0.25, -0.2) is 0 Å². The summed E-state index contributed by atoms with van der Waals surface area (Å²) in [7, 11) is 0. The fourth-order valence-corrected chi connectivity index (χ4v) is 2.76. The van der Waals surface area contributed by atoms with Crippen LogP contribution in [-0.4, -0.2) is 49.6 Å². The number of nitrogens with zero attached hydrogens (tertiary/aromatic N) is 1. The number of carbonyl (C=O) groups excluding carboxylic acids is 2. The zero-order valence-electron chi connectivity index (χ0n) is 15.2. The van der Waals surface area contributed by atoms with Gasteiger partial charge in [-0.15, -0.1) is 0 Å². The van der Waals surface area contributed by atoms with Crippen molar-refractivity contribution in [1.82, 2.24) is 10.2 Å². The van der Waals surface area contributed by atoms with Gasteiger partial charge in [0.05, 0.1) is 13.2 Å². The van der Waals surface area contributed by atoms with Gasteiger partial charge < -0.3 is 19.7 Å². The molecular formula is C19H28N2O4. The summed E-state index contributed by atoms with van der Waals surface area (Å²) in [5.74, 6) is 1.11. The molecule has 0 spiro atoms. The Bertz CT molecular complexity index is 583. The van der Waals surface area contributed by atoms with Gasteiger partial charge in [-0.2, -0.15) is 0 Å². The van der Waals surface area contributed by atoms with Gasteiger partial charge in [0, 0.05) is 31.6 Å². The normalized spacial score (nSPS) is 13.6. The molecule has 0 saturated carbocycles. The SMILES string of the molecule is CCCOc1ccc(C(=O)NCCC(=O)N2CCCC2)cc1OCC. The molecule has 25 heavy (non-hydrogen) atoms. The Morgan fingerprint density at radius 1 is 1.12 bits per heavy atom. The largest absolute Gasteiger partial charge is 0.490 e. The van der Waals surface area contributed by atoms with E-state index in [0.717, 1.165) is 32.4 Å². The second-order valence-electron chi connectivity index (χ2n) is 6.04. The van der Waals surface area contributed by atoms with Crippen molar-refractivity contribution in [3.8, 4) is 11.5 Å². The van der Waals surface area contributed by atoms with E-state index in [1.165, 1.54) is 0 Å². The van der Waals surface area contributed by atoms with E-state index in [0.29, 0.717) is 43.2 Å². The molecule has 1 aliphatic rings. The number of nitrogens with one attached hydrogen (secondary N) is 1. The zero-order valence-corrected chi connectivity index (χ0v) is 15.2. The number of likely N-dealkylation sites (tertiary alicyclic amines) is 1. The van der Waals surface area contributed by atoms with Crippen LogP contribution in [0.5, 0.6) is 11.5 Å². The monoisotopic (exact) mass is 348 g/mol. The fourth-order valence-electron chi connectivity index (χ4n) is 2.76. The Morgan fingerprint density at radius 3 is 2.56 bits per heavy atom. The number of benzene rings is 1. The maximum Gasteiger partial charge on any atom is 0.251 e. The van der Waals surface area contributed by atoms with Gasteiger partial charge in [0.2, 0.25) is 5.91 Å². The van der Waals surface area contributed by atoms with Crippen molar-refractivity contribution in [2.75, 3.05) is 32.8 Å². The standard InChI is InChI=1S/C19H28N2O4/c1-3-13-25-16-8-7-15(14-17(16)24-4-2)19(23)20-10-9-18(22)21-11-5-6-12-21/h7-8,14H,3-6,9-13H2,1-2H3,(H,20,23). The van der Waals surface area contributed by atoms with Crippen molar-refractivity contribution < 1.29 is 19.1 Å². The topological polar surface area (TPSA) is 67.9 Å². The molecule has 138 valence electrons. The number of carbonyl (C=O) groups is 2. The van der Waals surface area contributed by atoms with Crippen LogP contribution < -0.4 is 14.8 Å². The predicted octanol–water partition coefficient (Wildman–Crippen LogP) is 2.62. The molecule has 1 aromatic rings. The van der Waals surface area contributed by atoms with E-state index >= 15 is 0 Å². The van der Waals surface area contributed by atoms with E-state index in [9.17, 15) is 9.59 Å². The summed E-state index contributed by atoms with van der Waals surface area (Å²) < 4.78 is 11.2. The van der Waals surface area contributed by atoms with Crippen molar-refractivity contribution in [1.29, 1.82) is 0 Å². The molecule has 1 fully saturated rings. The van der Waals surface area contributed by atoms with Gasteiger partial charge in [-0.3, -0.25) is 9.59 Å². The van der Waals surface area contributed by atoms with Crippen molar-refractivity contribution in [2.45, 2.75) is 39.5 Å². The van der Waals surface area contributed by atoms with Gasteiger partial charge in [-0.1, -0.05) is 6.92 Å². The third-order valence-corrected chi connectivity index (χ3v) is 4.05. The molecule has 0 aromatic heterocycles. The van der Waals surface area contributed by atoms with E-state index in [4.69, 9.17) is 9.47 Å². The number of rotatable bonds is 9. The van der Waals surface area contributed by atoms with Gasteiger partial charge in [0.1, 0.15) is 0 Å². The van der Waals surface area contributed by atoms with E-state index in [1.807, 2.05) is 18.7 Å². The summed E-state index contributed by atoms with van der Waals surface area (Å²) in [5, 5.41) is 2.80. The predicted molar refractivity (Wildman–Crippen MR) is 96.2 cm³/mol. The highest BCUT2D eigenvalue weighted by atomic mass is 16.5. The summed E-state index contributed by atoms with van der Waals surface area (Å²) in [5.41, 5.74) is 0.501. The first-order valence-corrected chi connectivity index (χ1v) is 9.11. The Morgan fingerprint density at radius 2 is 1.88 bits per heavy atom. The van der Waals surface area contributed by atoms with Crippen molar-refractivity contribution in [2.24, 2.45) is 0 Å². The zero-order chi connectivity index (χ0) is 18.1. The summed E-state index contributed by atoms with van der Waals surface area (Å²) in [6.07, 6.45) is 3.39. The van der Waals surface area contributed by atoms with Crippen LogP contribution in [0, 0.1) is 0 Å². The second-order valence-corrected chi connectivity index (χ2v) is 6.04. The molecule has 1 saturated heterocycles. The summed E-state index contributed by atoms with van der Waals surface area (Å²) in [4.78, 5) is 26.1. The molecule has 0 radical (unpaired) electrons. The lowest BCUT2D eigenvalue weighted by atomic mass is 10.2. The lowest BCUT2D eigenvalue weighted by molar-refractivity contribution is -0.129. The molecule has 2 rings (SSSR count). The van der Waals surface area contributed by atoms with Crippen LogP contribution in [0.15, 0.2) is 18.2 Å². The average Bonchev–Trinajstić information content (AvgIpc) is 3.15. The molecule has 1 aliphatic heterocycles. The Hall–Kier alpha value is -2.24. The van der Waals surface area contributed by atoms with Gasteiger partial charge in [0.15, 0.2) is 11.5 Å². The van der Waals surface area contributed by atoms with Gasteiger partial charge >= 0.3 is 0 Å². The van der Waals surface area contributed by atoms with Crippen LogP contribution in [-0.2, 0) is 4.79 Å². The molecule has 1 aromatic carbocycles. The van der Waals surface area contributed by atoms with Crippen LogP contribution in [0.1, 0.15) is 49.9 Å². The first kappa shape index (κ1) is 19.1. The van der Waals surface area contributed by atoms with Gasteiger partial charge in [0.25, 0.3) is 5.91 Å². The first-order chi connectivity index (χ1) is 12.2. The average molecular weight is 348 g/mol. The summed E-state index contributed by atoms with van der Waals surface area (Å²) in [6.45, 7) is 7.04. The second kappa shape index (κ2) is 9.91. The molecule has 1 N–H and O–H groups in total. The van der Waals surface area contributed by atoms with Crippen LogP contribution in [0.4, 0.5) is 0 Å². The van der Waals surface area contributed by atoms with E-state index < -0.39 is 0 Å². The Labute approximate surface area is 149 Å². The molecule has 0 aliphatic carbocycles. The van der Waals surface area contributed by atoms with Crippen LogP contribution >= 0.6 is 0 Å². The molecule has 0 atom stereocenters. The lowest BCUT2D eigenvalue weighted by Gasteiger charge is -2.15. The van der Waals surface area contributed by atoms with Crippen molar-refractivity contribution in [3.63, 3.8) is 0 Å². The van der Waals surface area contributed by atoms with Crippen LogP contribution in [0.2, 0.25) is 0 Å². The number of amides is 2. The van der Waals surface area contributed by atoms with Crippen molar-refractivity contribution in [3.05, 3.63) is 23.8 Å². The van der Waals surface area contributed by atoms with E-state index in [2.05, 4.69) is 5.32 Å². The summed E-state index contributed by atoms with van der Waals surface area (Å²) >= 11 is 0. The lowest BCUT2D eigenvalue weighted by Crippen LogP contribution is -2.32. The minimum absolute atomic E-state index is 0.108. The highest BCUT2D eigenvalue weighted by molar-refractivity contribution is 5.95. The summed E-state index contributed by atoms with van der Waals surface area (Å²) in [6, 6.07) is 5.15. The third-order valence-electron chi connectivity index (χ3n) is 4.05. The minimum Gasteiger partial charge on any atom is -0.490 e. The third kappa shape index (κ3) is 5.66. The van der Waals surface area contributed by atoms with E-state index in [-0.39, 0.29) is 11.8 Å². The van der Waals surface area contributed by atoms with Gasteiger partial charge in [-0.05, 0) is 44.4 Å². The Kier molecular flexibility index (Phi) is 7.57. The molecule has 6 heteroatoms. The highest BCUT2D eigenvalue weighted by Gasteiger charge is 2.18. The first-order valence-electron chi connectivity index (χ1n) is 9.11.